The van der Waals surface area contributed by atoms with E-state index >= 15 is 0 Å². The second-order valence-corrected chi connectivity index (χ2v) is 4.44. The van der Waals surface area contributed by atoms with Crippen molar-refractivity contribution in [3.8, 4) is 11.1 Å². The maximum atomic E-state index is 12.9. The molecule has 1 unspecified atom stereocenters. The van der Waals surface area contributed by atoms with Crippen LogP contribution < -0.4 is 5.73 Å². The molecule has 18 heavy (non-hydrogen) atoms. The molecule has 2 N–H and O–H groups in total. The standard InChI is InChI=1S/C14H13ClFN.ClH/c1-9(17)10-2-4-11(5-3-10)13-7-6-12(16)8-14(13)15;/h2-9H,17H2,1H3;1H. The summed E-state index contributed by atoms with van der Waals surface area (Å²) in [5.74, 6) is -0.328. The molecule has 0 saturated carbocycles. The molecule has 96 valence electrons. The Balaban J connectivity index is 0.00000162. The van der Waals surface area contributed by atoms with Crippen molar-refractivity contribution in [1.82, 2.24) is 0 Å². The van der Waals surface area contributed by atoms with E-state index in [2.05, 4.69) is 0 Å². The second kappa shape index (κ2) is 6.19. The summed E-state index contributed by atoms with van der Waals surface area (Å²) in [6, 6.07) is 12.2. The Morgan fingerprint density at radius 3 is 2.22 bits per heavy atom. The number of nitrogens with two attached hydrogens (primary N) is 1. The zero-order valence-corrected chi connectivity index (χ0v) is 11.4. The third-order valence-corrected chi connectivity index (χ3v) is 2.99. The monoisotopic (exact) mass is 285 g/mol. The summed E-state index contributed by atoms with van der Waals surface area (Å²) in [5.41, 5.74) is 8.62. The van der Waals surface area contributed by atoms with Crippen LogP contribution >= 0.6 is 24.0 Å². The molecular weight excluding hydrogens is 272 g/mol. The predicted molar refractivity (Wildman–Crippen MR) is 76.7 cm³/mol. The van der Waals surface area contributed by atoms with Crippen LogP contribution in [0.2, 0.25) is 5.02 Å². The van der Waals surface area contributed by atoms with Crippen LogP contribution in [0.25, 0.3) is 11.1 Å². The normalized spacial score (nSPS) is 11.8. The minimum absolute atomic E-state index is 0. The molecule has 0 spiro atoms. The van der Waals surface area contributed by atoms with Gasteiger partial charge in [-0.15, -0.1) is 12.4 Å². The smallest absolute Gasteiger partial charge is 0.124 e. The Hall–Kier alpha value is -1.09. The number of rotatable bonds is 2. The van der Waals surface area contributed by atoms with Gasteiger partial charge in [0, 0.05) is 11.6 Å². The van der Waals surface area contributed by atoms with Crippen molar-refractivity contribution in [3.05, 3.63) is 58.9 Å². The van der Waals surface area contributed by atoms with Gasteiger partial charge >= 0.3 is 0 Å². The zero-order chi connectivity index (χ0) is 12.4. The SMILES string of the molecule is CC(N)c1ccc(-c2ccc(F)cc2Cl)cc1.Cl. The first-order chi connectivity index (χ1) is 8.08. The van der Waals surface area contributed by atoms with Gasteiger partial charge < -0.3 is 5.73 Å². The average molecular weight is 286 g/mol. The fourth-order valence-corrected chi connectivity index (χ4v) is 1.97. The molecule has 0 saturated heterocycles. The highest BCUT2D eigenvalue weighted by atomic mass is 35.5. The van der Waals surface area contributed by atoms with E-state index in [9.17, 15) is 4.39 Å². The highest BCUT2D eigenvalue weighted by molar-refractivity contribution is 6.33. The number of hydrogen-bond donors (Lipinski definition) is 1. The largest absolute Gasteiger partial charge is 0.324 e. The van der Waals surface area contributed by atoms with Crippen molar-refractivity contribution < 1.29 is 4.39 Å². The average Bonchev–Trinajstić information content (AvgIpc) is 2.29. The summed E-state index contributed by atoms with van der Waals surface area (Å²) in [4.78, 5) is 0. The molecule has 0 aliphatic carbocycles. The lowest BCUT2D eigenvalue weighted by Crippen LogP contribution is -2.04. The summed E-state index contributed by atoms with van der Waals surface area (Å²) in [6.45, 7) is 1.93. The Kier molecular flexibility index (Phi) is 5.15. The predicted octanol–water partition coefficient (Wildman–Crippen LogP) is 4.59. The molecule has 0 fully saturated rings. The third-order valence-electron chi connectivity index (χ3n) is 2.68. The van der Waals surface area contributed by atoms with Crippen molar-refractivity contribution in [2.24, 2.45) is 5.73 Å². The molecule has 2 rings (SSSR count). The summed E-state index contributed by atoms with van der Waals surface area (Å²) >= 11 is 6.00. The van der Waals surface area contributed by atoms with Crippen LogP contribution in [0.3, 0.4) is 0 Å². The van der Waals surface area contributed by atoms with Crippen LogP contribution in [0, 0.1) is 5.82 Å². The van der Waals surface area contributed by atoms with Gasteiger partial charge in [0.25, 0.3) is 0 Å². The second-order valence-electron chi connectivity index (χ2n) is 4.03. The molecule has 2 aromatic carbocycles. The minimum atomic E-state index is -0.328. The lowest BCUT2D eigenvalue weighted by Gasteiger charge is -2.08. The van der Waals surface area contributed by atoms with E-state index in [1.807, 2.05) is 31.2 Å². The Morgan fingerprint density at radius 1 is 1.11 bits per heavy atom. The Morgan fingerprint density at radius 2 is 1.72 bits per heavy atom. The Labute approximate surface area is 117 Å². The van der Waals surface area contributed by atoms with Crippen molar-refractivity contribution >= 4 is 24.0 Å². The van der Waals surface area contributed by atoms with E-state index in [4.69, 9.17) is 17.3 Å². The summed E-state index contributed by atoms with van der Waals surface area (Å²) < 4.78 is 12.9. The lowest BCUT2D eigenvalue weighted by atomic mass is 10.0. The number of benzene rings is 2. The summed E-state index contributed by atoms with van der Waals surface area (Å²) in [5, 5.41) is 0.415. The molecule has 0 amide bonds. The summed E-state index contributed by atoms with van der Waals surface area (Å²) in [7, 11) is 0. The van der Waals surface area contributed by atoms with Gasteiger partial charge in [0.05, 0.1) is 5.02 Å². The molecule has 4 heteroatoms. The van der Waals surface area contributed by atoms with E-state index in [-0.39, 0.29) is 24.3 Å². The van der Waals surface area contributed by atoms with Crippen LogP contribution in [0.4, 0.5) is 4.39 Å². The van der Waals surface area contributed by atoms with E-state index in [0.717, 1.165) is 16.7 Å². The number of halogens is 3. The topological polar surface area (TPSA) is 26.0 Å². The molecule has 0 aromatic heterocycles. The van der Waals surface area contributed by atoms with Gasteiger partial charge in [0.15, 0.2) is 0 Å². The van der Waals surface area contributed by atoms with E-state index in [1.165, 1.54) is 12.1 Å². The molecule has 0 aliphatic heterocycles. The lowest BCUT2D eigenvalue weighted by molar-refractivity contribution is 0.628. The highest BCUT2D eigenvalue weighted by Gasteiger charge is 2.05. The van der Waals surface area contributed by atoms with Crippen molar-refractivity contribution in [2.75, 3.05) is 0 Å². The number of hydrogen-bond acceptors (Lipinski definition) is 1. The minimum Gasteiger partial charge on any atom is -0.324 e. The molecular formula is C14H14Cl2FN. The van der Waals surface area contributed by atoms with E-state index < -0.39 is 0 Å². The van der Waals surface area contributed by atoms with Gasteiger partial charge in [-0.05, 0) is 36.2 Å². The molecule has 2 aromatic rings. The zero-order valence-electron chi connectivity index (χ0n) is 9.86. The van der Waals surface area contributed by atoms with E-state index in [0.29, 0.717) is 5.02 Å². The molecule has 0 bridgehead atoms. The van der Waals surface area contributed by atoms with E-state index in [1.54, 1.807) is 6.07 Å². The first kappa shape index (κ1) is 15.0. The summed E-state index contributed by atoms with van der Waals surface area (Å²) in [6.07, 6.45) is 0. The highest BCUT2D eigenvalue weighted by Crippen LogP contribution is 2.29. The molecule has 1 atom stereocenters. The van der Waals surface area contributed by atoms with Crippen molar-refractivity contribution in [2.45, 2.75) is 13.0 Å². The molecule has 0 heterocycles. The van der Waals surface area contributed by atoms with Crippen LogP contribution in [-0.4, -0.2) is 0 Å². The van der Waals surface area contributed by atoms with Crippen molar-refractivity contribution in [1.29, 1.82) is 0 Å². The fourth-order valence-electron chi connectivity index (χ4n) is 1.69. The quantitative estimate of drug-likeness (QED) is 0.858. The van der Waals surface area contributed by atoms with Crippen LogP contribution in [0.1, 0.15) is 18.5 Å². The van der Waals surface area contributed by atoms with Crippen LogP contribution in [-0.2, 0) is 0 Å². The van der Waals surface area contributed by atoms with Gasteiger partial charge in [0.2, 0.25) is 0 Å². The third kappa shape index (κ3) is 3.22. The molecule has 1 nitrogen and oxygen atoms in total. The van der Waals surface area contributed by atoms with Gasteiger partial charge in [-0.1, -0.05) is 35.9 Å². The van der Waals surface area contributed by atoms with Gasteiger partial charge in [-0.25, -0.2) is 4.39 Å². The molecule has 0 aliphatic rings. The first-order valence-electron chi connectivity index (χ1n) is 5.39. The molecule has 0 radical (unpaired) electrons. The maximum Gasteiger partial charge on any atom is 0.124 e. The van der Waals surface area contributed by atoms with Gasteiger partial charge in [0.1, 0.15) is 5.82 Å². The van der Waals surface area contributed by atoms with Gasteiger partial charge in [-0.3, -0.25) is 0 Å². The first-order valence-corrected chi connectivity index (χ1v) is 5.76. The van der Waals surface area contributed by atoms with Crippen LogP contribution in [0.15, 0.2) is 42.5 Å². The Bertz CT molecular complexity index is 524. The van der Waals surface area contributed by atoms with Gasteiger partial charge in [-0.2, -0.15) is 0 Å². The fraction of sp³-hybridized carbons (Fsp3) is 0.143. The van der Waals surface area contributed by atoms with Crippen molar-refractivity contribution in [3.63, 3.8) is 0 Å². The maximum absolute atomic E-state index is 12.9. The van der Waals surface area contributed by atoms with Crippen LogP contribution in [0.5, 0.6) is 0 Å².